The van der Waals surface area contributed by atoms with E-state index in [0.29, 0.717) is 12.3 Å². The van der Waals surface area contributed by atoms with Crippen LogP contribution in [0, 0.1) is 5.92 Å². The topological polar surface area (TPSA) is 29.5 Å². The molecule has 0 aliphatic carbocycles. The molecule has 0 amide bonds. The van der Waals surface area contributed by atoms with Crippen LogP contribution in [0.5, 0.6) is 0 Å². The largest absolute Gasteiger partial charge is 0.462 e. The number of esters is 1. The van der Waals surface area contributed by atoms with Crippen LogP contribution in [-0.2, 0) is 9.53 Å². The SMILES string of the molecule is CCCCC/C=C\CCCC(CCCC)C(CCCCCCCCCC)OC(=O)CCCCN(C)C. The molecule has 0 N–H and O–H groups in total. The lowest BCUT2D eigenvalue weighted by Crippen LogP contribution is -2.27. The third-order valence-corrected chi connectivity index (χ3v) is 7.40. The maximum atomic E-state index is 12.8. The molecule has 0 aliphatic rings. The standard InChI is InChI=1S/C33H65NO2/c1-6-9-12-14-16-18-20-22-27-31(26-11-8-3)32(28-23-21-19-17-15-13-10-7-2)36-33(35)29-24-25-30-34(4)5/h16,18,31-32H,6-15,17,19-30H2,1-5H3/b18-16-. The summed E-state index contributed by atoms with van der Waals surface area (Å²) >= 11 is 0. The first-order valence-corrected chi connectivity index (χ1v) is 16.0. The van der Waals surface area contributed by atoms with Gasteiger partial charge >= 0.3 is 5.97 Å². The number of rotatable bonds is 27. The van der Waals surface area contributed by atoms with Crippen LogP contribution >= 0.6 is 0 Å². The van der Waals surface area contributed by atoms with Crippen LogP contribution in [0.1, 0.15) is 162 Å². The van der Waals surface area contributed by atoms with Gasteiger partial charge in [0.25, 0.3) is 0 Å². The smallest absolute Gasteiger partial charge is 0.306 e. The van der Waals surface area contributed by atoms with Gasteiger partial charge in [-0.1, -0.05) is 104 Å². The molecule has 0 spiro atoms. The molecule has 0 aromatic heterocycles. The first-order chi connectivity index (χ1) is 17.5. The van der Waals surface area contributed by atoms with E-state index in [-0.39, 0.29) is 12.1 Å². The van der Waals surface area contributed by atoms with E-state index in [2.05, 4.69) is 51.9 Å². The van der Waals surface area contributed by atoms with Crippen LogP contribution < -0.4 is 0 Å². The van der Waals surface area contributed by atoms with Gasteiger partial charge in [0.2, 0.25) is 0 Å². The maximum absolute atomic E-state index is 12.8. The normalized spacial score (nSPS) is 13.5. The van der Waals surface area contributed by atoms with E-state index in [4.69, 9.17) is 4.74 Å². The number of hydrogen-bond acceptors (Lipinski definition) is 3. The van der Waals surface area contributed by atoms with Crippen molar-refractivity contribution >= 4 is 5.97 Å². The van der Waals surface area contributed by atoms with Gasteiger partial charge in [-0.15, -0.1) is 0 Å². The van der Waals surface area contributed by atoms with Crippen molar-refractivity contribution in [2.75, 3.05) is 20.6 Å². The van der Waals surface area contributed by atoms with E-state index >= 15 is 0 Å². The van der Waals surface area contributed by atoms with Crippen molar-refractivity contribution in [1.82, 2.24) is 4.90 Å². The summed E-state index contributed by atoms with van der Waals surface area (Å²) in [5, 5.41) is 0. The van der Waals surface area contributed by atoms with Crippen molar-refractivity contribution in [3.8, 4) is 0 Å². The van der Waals surface area contributed by atoms with Gasteiger partial charge in [0.1, 0.15) is 6.10 Å². The van der Waals surface area contributed by atoms with Crippen LogP contribution in [-0.4, -0.2) is 37.6 Å². The minimum atomic E-state index is 0.0376. The van der Waals surface area contributed by atoms with Crippen LogP contribution in [0.4, 0.5) is 0 Å². The molecule has 2 atom stereocenters. The Morgan fingerprint density at radius 2 is 1.19 bits per heavy atom. The Kier molecular flexibility index (Phi) is 26.6. The third kappa shape index (κ3) is 23.6. The molecule has 0 aromatic rings. The summed E-state index contributed by atoms with van der Waals surface area (Å²) in [6.45, 7) is 7.86. The van der Waals surface area contributed by atoms with E-state index in [9.17, 15) is 4.79 Å². The summed E-state index contributed by atoms with van der Waals surface area (Å²) in [6.07, 6.45) is 31.5. The number of allylic oxidation sites excluding steroid dienone is 2. The van der Waals surface area contributed by atoms with Crippen LogP contribution in [0.25, 0.3) is 0 Å². The predicted octanol–water partition coefficient (Wildman–Crippen LogP) is 10.3. The highest BCUT2D eigenvalue weighted by molar-refractivity contribution is 5.69. The van der Waals surface area contributed by atoms with Crippen molar-refractivity contribution in [3.63, 3.8) is 0 Å². The average molecular weight is 508 g/mol. The molecular formula is C33H65NO2. The highest BCUT2D eigenvalue weighted by Gasteiger charge is 2.24. The van der Waals surface area contributed by atoms with Crippen molar-refractivity contribution in [2.45, 2.75) is 168 Å². The van der Waals surface area contributed by atoms with Crippen molar-refractivity contribution in [1.29, 1.82) is 0 Å². The summed E-state index contributed by atoms with van der Waals surface area (Å²) in [6, 6.07) is 0. The Balaban J connectivity index is 4.74. The molecule has 0 aliphatic heterocycles. The fraction of sp³-hybridized carbons (Fsp3) is 0.909. The molecule has 2 unspecified atom stereocenters. The van der Waals surface area contributed by atoms with Gasteiger partial charge < -0.3 is 9.64 Å². The van der Waals surface area contributed by atoms with Gasteiger partial charge in [-0.2, -0.15) is 0 Å². The Morgan fingerprint density at radius 1 is 0.639 bits per heavy atom. The van der Waals surface area contributed by atoms with Gasteiger partial charge in [0.05, 0.1) is 0 Å². The summed E-state index contributed by atoms with van der Waals surface area (Å²) in [7, 11) is 4.19. The Morgan fingerprint density at radius 3 is 1.83 bits per heavy atom. The van der Waals surface area contributed by atoms with Gasteiger partial charge in [-0.25, -0.2) is 0 Å². The monoisotopic (exact) mass is 508 g/mol. The molecule has 0 radical (unpaired) electrons. The van der Waals surface area contributed by atoms with E-state index in [0.717, 1.165) is 32.2 Å². The molecule has 36 heavy (non-hydrogen) atoms. The molecule has 0 aromatic carbocycles. The van der Waals surface area contributed by atoms with E-state index < -0.39 is 0 Å². The Bertz CT molecular complexity index is 488. The van der Waals surface area contributed by atoms with E-state index in [1.54, 1.807) is 0 Å². The van der Waals surface area contributed by atoms with Gasteiger partial charge in [0.15, 0.2) is 0 Å². The maximum Gasteiger partial charge on any atom is 0.306 e. The zero-order valence-corrected chi connectivity index (χ0v) is 25.3. The van der Waals surface area contributed by atoms with Gasteiger partial charge in [-0.05, 0) is 90.8 Å². The second-order valence-corrected chi connectivity index (χ2v) is 11.4. The second kappa shape index (κ2) is 27.2. The quantitative estimate of drug-likeness (QED) is 0.0629. The van der Waals surface area contributed by atoms with Crippen molar-refractivity contribution in [3.05, 3.63) is 12.2 Å². The number of ether oxygens (including phenoxy) is 1. The number of nitrogens with zero attached hydrogens (tertiary/aromatic N) is 1. The first kappa shape index (κ1) is 35.2. The number of hydrogen-bond donors (Lipinski definition) is 0. The third-order valence-electron chi connectivity index (χ3n) is 7.40. The van der Waals surface area contributed by atoms with Crippen LogP contribution in [0.3, 0.4) is 0 Å². The Hall–Kier alpha value is -0.830. The highest BCUT2D eigenvalue weighted by Crippen LogP contribution is 2.27. The fourth-order valence-electron chi connectivity index (χ4n) is 5.02. The fourth-order valence-corrected chi connectivity index (χ4v) is 5.02. The average Bonchev–Trinajstić information content (AvgIpc) is 2.86. The summed E-state index contributed by atoms with van der Waals surface area (Å²) < 4.78 is 6.23. The van der Waals surface area contributed by atoms with E-state index in [1.807, 2.05) is 0 Å². The molecule has 0 bridgehead atoms. The number of unbranched alkanes of at least 4 members (excludes halogenated alkanes) is 13. The van der Waals surface area contributed by atoms with E-state index in [1.165, 1.54) is 109 Å². The molecule has 0 heterocycles. The lowest BCUT2D eigenvalue weighted by Gasteiger charge is -2.27. The number of carbonyl (C=O) groups excluding carboxylic acids is 1. The summed E-state index contributed by atoms with van der Waals surface area (Å²) in [4.78, 5) is 15.0. The van der Waals surface area contributed by atoms with Crippen molar-refractivity contribution < 1.29 is 9.53 Å². The lowest BCUT2D eigenvalue weighted by molar-refractivity contribution is -0.153. The minimum Gasteiger partial charge on any atom is -0.462 e. The molecule has 3 nitrogen and oxygen atoms in total. The molecular weight excluding hydrogens is 442 g/mol. The zero-order valence-electron chi connectivity index (χ0n) is 25.3. The lowest BCUT2D eigenvalue weighted by atomic mass is 9.87. The van der Waals surface area contributed by atoms with Crippen LogP contribution in [0.15, 0.2) is 12.2 Å². The highest BCUT2D eigenvalue weighted by atomic mass is 16.5. The molecule has 0 saturated carbocycles. The predicted molar refractivity (Wildman–Crippen MR) is 160 cm³/mol. The molecule has 0 saturated heterocycles. The van der Waals surface area contributed by atoms with Gasteiger partial charge in [0, 0.05) is 6.42 Å². The molecule has 214 valence electrons. The Labute approximate surface area is 227 Å². The van der Waals surface area contributed by atoms with Gasteiger partial charge in [-0.3, -0.25) is 4.79 Å². The van der Waals surface area contributed by atoms with Crippen molar-refractivity contribution in [2.24, 2.45) is 5.92 Å². The summed E-state index contributed by atoms with van der Waals surface area (Å²) in [5.41, 5.74) is 0. The zero-order chi connectivity index (χ0) is 26.7. The summed E-state index contributed by atoms with van der Waals surface area (Å²) in [5.74, 6) is 0.560. The van der Waals surface area contributed by atoms with Crippen LogP contribution in [0.2, 0.25) is 0 Å². The molecule has 0 rings (SSSR count). The number of carbonyl (C=O) groups is 1. The first-order valence-electron chi connectivity index (χ1n) is 16.0. The molecule has 3 heteroatoms. The molecule has 0 fully saturated rings. The second-order valence-electron chi connectivity index (χ2n) is 11.4. The minimum absolute atomic E-state index is 0.0376.